The quantitative estimate of drug-likeness (QED) is 0.233. The molecule has 0 radical (unpaired) electrons. The first-order chi connectivity index (χ1) is 18.0. The van der Waals surface area contributed by atoms with Gasteiger partial charge < -0.3 is 18.8 Å². The third kappa shape index (κ3) is 6.35. The van der Waals surface area contributed by atoms with Crippen molar-refractivity contribution in [2.75, 3.05) is 19.8 Å². The molecule has 1 heterocycles. The molecular weight excluding hydrogens is 541 g/mol. The summed E-state index contributed by atoms with van der Waals surface area (Å²) in [6.07, 6.45) is -3.26. The van der Waals surface area contributed by atoms with Crippen LogP contribution in [0.1, 0.15) is 25.3 Å². The Bertz CT molecular complexity index is 1300. The Morgan fingerprint density at radius 1 is 0.947 bits per heavy atom. The maximum Gasteiger partial charge on any atom is 0.364 e. The first-order valence-electron chi connectivity index (χ1n) is 11.9. The highest BCUT2D eigenvalue weighted by Gasteiger charge is 2.47. The summed E-state index contributed by atoms with van der Waals surface area (Å²) in [5, 5.41) is -5.01. The molecule has 1 aliphatic rings. The van der Waals surface area contributed by atoms with E-state index in [1.54, 1.807) is 12.1 Å². The molecule has 0 saturated carbocycles. The molecular formula is C27H27F3O6S2. The van der Waals surface area contributed by atoms with Crippen molar-refractivity contribution in [1.82, 2.24) is 0 Å². The molecule has 0 N–H and O–H groups in total. The predicted molar refractivity (Wildman–Crippen MR) is 135 cm³/mol. The van der Waals surface area contributed by atoms with Gasteiger partial charge in [0.2, 0.25) is 0 Å². The number of rotatable bonds is 10. The van der Waals surface area contributed by atoms with Crippen LogP contribution >= 0.6 is 0 Å². The van der Waals surface area contributed by atoms with E-state index in [0.29, 0.717) is 19.0 Å². The van der Waals surface area contributed by atoms with Crippen LogP contribution in [0.4, 0.5) is 13.2 Å². The molecule has 204 valence electrons. The lowest BCUT2D eigenvalue weighted by molar-refractivity contribution is -0.264. The van der Waals surface area contributed by atoms with Crippen LogP contribution in [0.2, 0.25) is 0 Å². The molecule has 3 aromatic carbocycles. The molecule has 0 bridgehead atoms. The maximum atomic E-state index is 13.7. The van der Waals surface area contributed by atoms with Gasteiger partial charge in [0, 0.05) is 12.0 Å². The third-order valence-corrected chi connectivity index (χ3v) is 9.19. The van der Waals surface area contributed by atoms with Crippen LogP contribution in [0.5, 0.6) is 5.75 Å². The van der Waals surface area contributed by atoms with Crippen LogP contribution < -0.4 is 4.74 Å². The average Bonchev–Trinajstić information content (AvgIpc) is 2.90. The average molecular weight is 569 g/mol. The van der Waals surface area contributed by atoms with Gasteiger partial charge in [-0.3, -0.25) is 0 Å². The van der Waals surface area contributed by atoms with Crippen molar-refractivity contribution in [2.24, 2.45) is 0 Å². The van der Waals surface area contributed by atoms with Crippen LogP contribution in [-0.2, 0) is 36.3 Å². The fourth-order valence-corrected chi connectivity index (χ4v) is 6.43. The SMILES string of the molecule is CC1(c2ccc([S+](c3ccccc3)c3ccc(OCCC(F)C(F)(F)S(=O)(=O)[O-])cc3)cc2)OCCCO1. The highest BCUT2D eigenvalue weighted by molar-refractivity contribution is 7.97. The summed E-state index contributed by atoms with van der Waals surface area (Å²) >= 11 is 0. The van der Waals surface area contributed by atoms with Gasteiger partial charge in [0.1, 0.15) is 5.75 Å². The molecule has 3 aromatic rings. The minimum absolute atomic E-state index is 0.292. The highest BCUT2D eigenvalue weighted by atomic mass is 32.2. The van der Waals surface area contributed by atoms with Gasteiger partial charge in [-0.05, 0) is 74.0 Å². The lowest BCUT2D eigenvalue weighted by Crippen LogP contribution is -2.39. The number of hydrogen-bond acceptors (Lipinski definition) is 6. The van der Waals surface area contributed by atoms with E-state index in [2.05, 4.69) is 0 Å². The molecule has 1 fully saturated rings. The van der Waals surface area contributed by atoms with E-state index in [-0.39, 0.29) is 0 Å². The fraction of sp³-hybridized carbons (Fsp3) is 0.333. The maximum absolute atomic E-state index is 13.7. The zero-order valence-electron chi connectivity index (χ0n) is 20.5. The number of ether oxygens (including phenoxy) is 3. The summed E-state index contributed by atoms with van der Waals surface area (Å²) in [5.41, 5.74) is 0.919. The number of halogens is 3. The van der Waals surface area contributed by atoms with E-state index in [9.17, 15) is 26.1 Å². The second kappa shape index (κ2) is 11.7. The zero-order valence-corrected chi connectivity index (χ0v) is 22.2. The van der Waals surface area contributed by atoms with Gasteiger partial charge in [0.15, 0.2) is 36.8 Å². The van der Waals surface area contributed by atoms with E-state index in [0.717, 1.165) is 26.7 Å². The normalized spacial score (nSPS) is 17.5. The van der Waals surface area contributed by atoms with E-state index in [1.165, 1.54) is 0 Å². The van der Waals surface area contributed by atoms with Crippen LogP contribution in [-0.4, -0.2) is 44.2 Å². The summed E-state index contributed by atoms with van der Waals surface area (Å²) in [5.74, 6) is -0.498. The molecule has 0 amide bonds. The van der Waals surface area contributed by atoms with Crippen molar-refractivity contribution in [1.29, 1.82) is 0 Å². The summed E-state index contributed by atoms with van der Waals surface area (Å²) in [6, 6.07) is 24.9. The number of hydrogen-bond donors (Lipinski definition) is 0. The Morgan fingerprint density at radius 3 is 2.03 bits per heavy atom. The van der Waals surface area contributed by atoms with Crippen molar-refractivity contribution < 1.29 is 40.4 Å². The Kier molecular flexibility index (Phi) is 8.73. The van der Waals surface area contributed by atoms with E-state index < -0.39 is 51.3 Å². The molecule has 2 unspecified atom stereocenters. The van der Waals surface area contributed by atoms with E-state index >= 15 is 0 Å². The monoisotopic (exact) mass is 568 g/mol. The lowest BCUT2D eigenvalue weighted by Gasteiger charge is -2.34. The van der Waals surface area contributed by atoms with Gasteiger partial charge in [-0.1, -0.05) is 18.2 Å². The Hall–Kier alpha value is -2.57. The number of alkyl halides is 3. The van der Waals surface area contributed by atoms with Crippen molar-refractivity contribution in [3.05, 3.63) is 84.4 Å². The molecule has 38 heavy (non-hydrogen) atoms. The van der Waals surface area contributed by atoms with E-state index in [1.807, 2.05) is 73.7 Å². The minimum atomic E-state index is -6.10. The van der Waals surface area contributed by atoms with Crippen LogP contribution in [0.3, 0.4) is 0 Å². The van der Waals surface area contributed by atoms with E-state index in [4.69, 9.17) is 14.2 Å². The molecule has 0 spiro atoms. The van der Waals surface area contributed by atoms with Crippen molar-refractivity contribution in [3.8, 4) is 5.75 Å². The predicted octanol–water partition coefficient (Wildman–Crippen LogP) is 5.64. The van der Waals surface area contributed by atoms with Gasteiger partial charge in [0.25, 0.3) is 0 Å². The first kappa shape index (κ1) is 28.4. The largest absolute Gasteiger partial charge is 0.743 e. The summed E-state index contributed by atoms with van der Waals surface area (Å²) in [6.45, 7) is 2.64. The second-order valence-corrected chi connectivity index (χ2v) is 12.2. The molecule has 4 rings (SSSR count). The smallest absolute Gasteiger partial charge is 0.364 e. The molecule has 0 aliphatic carbocycles. The molecule has 6 nitrogen and oxygen atoms in total. The Labute approximate surface area is 222 Å². The van der Waals surface area contributed by atoms with Crippen LogP contribution in [0.25, 0.3) is 0 Å². The third-order valence-electron chi connectivity index (χ3n) is 6.03. The van der Waals surface area contributed by atoms with Crippen molar-refractivity contribution in [2.45, 2.75) is 51.7 Å². The standard InChI is InChI=1S/C27H27F3O6S2/c1-26(35-17-5-18-36-26)20-8-12-23(13-9-20)37(22-6-3-2-4-7-22)24-14-10-21(11-15-24)34-19-16-25(28)27(29,30)38(31,32)33/h2-4,6-15,25H,5,16-19H2,1H3. The molecule has 1 aliphatic heterocycles. The topological polar surface area (TPSA) is 84.9 Å². The van der Waals surface area contributed by atoms with Gasteiger partial charge in [-0.15, -0.1) is 0 Å². The molecule has 1 saturated heterocycles. The van der Waals surface area contributed by atoms with Crippen LogP contribution in [0, 0.1) is 0 Å². The van der Waals surface area contributed by atoms with Gasteiger partial charge >= 0.3 is 5.25 Å². The van der Waals surface area contributed by atoms with Crippen molar-refractivity contribution >= 4 is 21.0 Å². The highest BCUT2D eigenvalue weighted by Crippen LogP contribution is 2.35. The first-order valence-corrected chi connectivity index (χ1v) is 14.5. The van der Waals surface area contributed by atoms with Gasteiger partial charge in [0.05, 0.1) is 30.7 Å². The molecule has 0 aromatic heterocycles. The fourth-order valence-electron chi connectivity index (χ4n) is 3.94. The van der Waals surface area contributed by atoms with Gasteiger partial charge in [-0.25, -0.2) is 12.8 Å². The molecule has 11 heteroatoms. The summed E-state index contributed by atoms with van der Waals surface area (Å²) in [4.78, 5) is 3.08. The lowest BCUT2D eigenvalue weighted by atomic mass is 10.1. The van der Waals surface area contributed by atoms with Gasteiger partial charge in [-0.2, -0.15) is 8.78 Å². The second-order valence-electron chi connectivity index (χ2n) is 8.73. The Morgan fingerprint density at radius 2 is 1.47 bits per heavy atom. The Balaban J connectivity index is 1.50. The zero-order chi connectivity index (χ0) is 27.4. The minimum Gasteiger partial charge on any atom is -0.743 e. The summed E-state index contributed by atoms with van der Waals surface area (Å²) < 4.78 is 89.1. The summed E-state index contributed by atoms with van der Waals surface area (Å²) in [7, 11) is -6.59. The van der Waals surface area contributed by atoms with Crippen LogP contribution in [0.15, 0.2) is 93.5 Å². The number of benzene rings is 3. The molecule has 2 atom stereocenters. The van der Waals surface area contributed by atoms with Crippen molar-refractivity contribution in [3.63, 3.8) is 0 Å².